The maximum absolute atomic E-state index is 11.8. The van der Waals surface area contributed by atoms with E-state index in [1.807, 2.05) is 4.90 Å². The van der Waals surface area contributed by atoms with Gasteiger partial charge in [-0.25, -0.2) is 0 Å². The quantitative estimate of drug-likeness (QED) is 0.572. The predicted octanol–water partition coefficient (Wildman–Crippen LogP) is 1.71. The van der Waals surface area contributed by atoms with Gasteiger partial charge in [0.25, 0.3) is 0 Å². The first-order valence-electron chi connectivity index (χ1n) is 7.68. The summed E-state index contributed by atoms with van der Waals surface area (Å²) < 4.78 is 4.89. The minimum Gasteiger partial charge on any atom is -0.383 e. The number of hydrogen-bond acceptors (Lipinski definition) is 3. The second kappa shape index (κ2) is 9.75. The van der Waals surface area contributed by atoms with E-state index in [0.717, 1.165) is 12.8 Å². The molecule has 1 rings (SSSR count). The average molecular weight is 284 g/mol. The summed E-state index contributed by atoms with van der Waals surface area (Å²) in [6.07, 6.45) is 7.43. The second-order valence-electron chi connectivity index (χ2n) is 5.45. The summed E-state index contributed by atoms with van der Waals surface area (Å²) >= 11 is 0. The molecule has 1 fully saturated rings. The highest BCUT2D eigenvalue weighted by Gasteiger charge is 2.22. The van der Waals surface area contributed by atoms with Gasteiger partial charge in [-0.15, -0.1) is 0 Å². The van der Waals surface area contributed by atoms with Crippen molar-refractivity contribution in [1.82, 2.24) is 10.2 Å². The van der Waals surface area contributed by atoms with Gasteiger partial charge in [0.05, 0.1) is 6.61 Å². The summed E-state index contributed by atoms with van der Waals surface area (Å²) in [7, 11) is 1.61. The molecule has 0 aliphatic heterocycles. The van der Waals surface area contributed by atoms with Crippen LogP contribution >= 0.6 is 0 Å². The molecule has 2 amide bonds. The molecule has 0 atom stereocenters. The molecular weight excluding hydrogens is 256 g/mol. The lowest BCUT2D eigenvalue weighted by atomic mass is 10.1. The van der Waals surface area contributed by atoms with Gasteiger partial charge in [-0.05, 0) is 12.8 Å². The standard InChI is InChI=1S/C15H28N2O3/c1-13(18)17(14-7-5-3-4-6-8-14)11-9-15(19)16-10-12-20-2/h14H,3-12H2,1-2H3,(H,16,19). The van der Waals surface area contributed by atoms with Crippen LogP contribution in [0.5, 0.6) is 0 Å². The van der Waals surface area contributed by atoms with Crippen LogP contribution in [0.1, 0.15) is 51.9 Å². The number of carbonyl (C=O) groups is 2. The summed E-state index contributed by atoms with van der Waals surface area (Å²) in [5.41, 5.74) is 0. The number of methoxy groups -OCH3 is 1. The zero-order valence-electron chi connectivity index (χ0n) is 12.8. The van der Waals surface area contributed by atoms with Crippen molar-refractivity contribution in [1.29, 1.82) is 0 Å². The van der Waals surface area contributed by atoms with E-state index >= 15 is 0 Å². The molecule has 0 aromatic rings. The molecule has 0 heterocycles. The lowest BCUT2D eigenvalue weighted by molar-refractivity contribution is -0.132. The Morgan fingerprint density at radius 1 is 1.20 bits per heavy atom. The zero-order valence-corrected chi connectivity index (χ0v) is 12.8. The van der Waals surface area contributed by atoms with Gasteiger partial charge in [0.1, 0.15) is 0 Å². The van der Waals surface area contributed by atoms with Crippen LogP contribution in [0.2, 0.25) is 0 Å². The summed E-state index contributed by atoms with van der Waals surface area (Å²) in [5.74, 6) is 0.0727. The zero-order chi connectivity index (χ0) is 14.8. The maximum atomic E-state index is 11.8. The number of nitrogens with one attached hydrogen (secondary N) is 1. The fraction of sp³-hybridized carbons (Fsp3) is 0.867. The highest BCUT2D eigenvalue weighted by molar-refractivity contribution is 5.78. The van der Waals surface area contributed by atoms with Crippen LogP contribution in [0.4, 0.5) is 0 Å². The van der Waals surface area contributed by atoms with E-state index in [4.69, 9.17) is 4.74 Å². The Morgan fingerprint density at radius 3 is 2.40 bits per heavy atom. The number of ether oxygens (including phenoxy) is 1. The van der Waals surface area contributed by atoms with Crippen molar-refractivity contribution < 1.29 is 14.3 Å². The van der Waals surface area contributed by atoms with Gasteiger partial charge in [-0.2, -0.15) is 0 Å². The van der Waals surface area contributed by atoms with Crippen molar-refractivity contribution >= 4 is 11.8 Å². The van der Waals surface area contributed by atoms with E-state index in [9.17, 15) is 9.59 Å². The molecule has 1 N–H and O–H groups in total. The summed E-state index contributed by atoms with van der Waals surface area (Å²) in [5, 5.41) is 2.79. The van der Waals surface area contributed by atoms with Gasteiger partial charge < -0.3 is 15.0 Å². The van der Waals surface area contributed by atoms with Crippen molar-refractivity contribution in [2.45, 2.75) is 57.9 Å². The minimum absolute atomic E-state index is 0.0121. The maximum Gasteiger partial charge on any atom is 0.221 e. The highest BCUT2D eigenvalue weighted by atomic mass is 16.5. The molecule has 0 saturated heterocycles. The number of hydrogen-bond donors (Lipinski definition) is 1. The molecule has 0 spiro atoms. The van der Waals surface area contributed by atoms with Crippen molar-refractivity contribution in [3.05, 3.63) is 0 Å². The second-order valence-corrected chi connectivity index (χ2v) is 5.45. The molecule has 0 aromatic carbocycles. The van der Waals surface area contributed by atoms with Crippen LogP contribution in [0, 0.1) is 0 Å². The number of rotatable bonds is 7. The van der Waals surface area contributed by atoms with Crippen LogP contribution in [-0.4, -0.2) is 49.6 Å². The summed E-state index contributed by atoms with van der Waals surface area (Å²) in [6.45, 7) is 3.18. The number of carbonyl (C=O) groups excluding carboxylic acids is 2. The van der Waals surface area contributed by atoms with E-state index in [0.29, 0.717) is 32.2 Å². The lowest BCUT2D eigenvalue weighted by Crippen LogP contribution is -2.41. The molecule has 0 aromatic heterocycles. The summed E-state index contributed by atoms with van der Waals surface area (Å²) in [4.78, 5) is 25.4. The molecule has 1 aliphatic rings. The Kier molecular flexibility index (Phi) is 8.26. The van der Waals surface area contributed by atoms with Gasteiger partial charge >= 0.3 is 0 Å². The van der Waals surface area contributed by atoms with E-state index in [-0.39, 0.29) is 11.8 Å². The molecule has 1 aliphatic carbocycles. The Morgan fingerprint density at radius 2 is 1.85 bits per heavy atom. The summed E-state index contributed by atoms with van der Waals surface area (Å²) in [6, 6.07) is 0.321. The van der Waals surface area contributed by atoms with Crippen LogP contribution in [0.25, 0.3) is 0 Å². The normalized spacial score (nSPS) is 16.5. The fourth-order valence-electron chi connectivity index (χ4n) is 2.77. The molecule has 5 nitrogen and oxygen atoms in total. The molecule has 20 heavy (non-hydrogen) atoms. The van der Waals surface area contributed by atoms with Crippen LogP contribution in [-0.2, 0) is 14.3 Å². The van der Waals surface area contributed by atoms with Gasteiger partial charge in [-0.3, -0.25) is 9.59 Å². The monoisotopic (exact) mass is 284 g/mol. The van der Waals surface area contributed by atoms with Crippen LogP contribution in [0.15, 0.2) is 0 Å². The fourth-order valence-corrected chi connectivity index (χ4v) is 2.77. The molecular formula is C15H28N2O3. The average Bonchev–Trinajstić information content (AvgIpc) is 2.68. The van der Waals surface area contributed by atoms with E-state index < -0.39 is 0 Å². The van der Waals surface area contributed by atoms with E-state index in [1.54, 1.807) is 14.0 Å². The number of nitrogens with zero attached hydrogens (tertiary/aromatic N) is 1. The lowest BCUT2D eigenvalue weighted by Gasteiger charge is -2.30. The van der Waals surface area contributed by atoms with Crippen molar-refractivity contribution in [3.8, 4) is 0 Å². The highest BCUT2D eigenvalue weighted by Crippen LogP contribution is 2.22. The van der Waals surface area contributed by atoms with Gasteiger partial charge in [0, 0.05) is 39.6 Å². The first-order chi connectivity index (χ1) is 9.65. The van der Waals surface area contributed by atoms with Crippen molar-refractivity contribution in [2.24, 2.45) is 0 Å². The van der Waals surface area contributed by atoms with E-state index in [1.165, 1.54) is 25.7 Å². The third-order valence-corrected chi connectivity index (χ3v) is 3.88. The number of amides is 2. The minimum atomic E-state index is -0.0121. The first kappa shape index (κ1) is 17.0. The molecule has 116 valence electrons. The Hall–Kier alpha value is -1.10. The third kappa shape index (κ3) is 6.37. The van der Waals surface area contributed by atoms with E-state index in [2.05, 4.69) is 5.32 Å². The van der Waals surface area contributed by atoms with Crippen LogP contribution in [0.3, 0.4) is 0 Å². The van der Waals surface area contributed by atoms with Crippen LogP contribution < -0.4 is 5.32 Å². The third-order valence-electron chi connectivity index (χ3n) is 3.88. The van der Waals surface area contributed by atoms with Gasteiger partial charge in [-0.1, -0.05) is 25.7 Å². The van der Waals surface area contributed by atoms with Crippen molar-refractivity contribution in [3.63, 3.8) is 0 Å². The molecule has 0 bridgehead atoms. The molecule has 0 radical (unpaired) electrons. The Labute approximate surface area is 122 Å². The largest absolute Gasteiger partial charge is 0.383 e. The Bertz CT molecular complexity index is 299. The van der Waals surface area contributed by atoms with Crippen molar-refractivity contribution in [2.75, 3.05) is 26.8 Å². The van der Waals surface area contributed by atoms with Gasteiger partial charge in [0.15, 0.2) is 0 Å². The smallest absolute Gasteiger partial charge is 0.221 e. The SMILES string of the molecule is COCCNC(=O)CCN(C(C)=O)C1CCCCCC1. The molecule has 0 unspecified atom stereocenters. The molecule has 5 heteroatoms. The Balaban J connectivity index is 2.38. The first-order valence-corrected chi connectivity index (χ1v) is 7.68. The predicted molar refractivity (Wildman–Crippen MR) is 78.4 cm³/mol. The van der Waals surface area contributed by atoms with Gasteiger partial charge in [0.2, 0.25) is 11.8 Å². The topological polar surface area (TPSA) is 58.6 Å². The molecule has 1 saturated carbocycles.